The average molecular weight is 405 g/mol. The molecule has 8 atom stereocenters. The number of hydrogen-bond donors (Lipinski definition) is 3. The summed E-state index contributed by atoms with van der Waals surface area (Å²) in [5, 5.41) is 31.9. The molecule has 0 aromatic heterocycles. The first-order valence-corrected chi connectivity index (χ1v) is 11.5. The minimum Gasteiger partial charge on any atom is -0.393 e. The highest BCUT2D eigenvalue weighted by Gasteiger charge is 2.68. The number of allylic oxidation sites excluding steroid dienone is 4. The van der Waals surface area contributed by atoms with E-state index in [4.69, 9.17) is 0 Å². The Bertz CT molecular complexity index is 697. The maximum Gasteiger partial charge on any atom is 0.190 e. The van der Waals surface area contributed by atoms with E-state index in [1.807, 2.05) is 6.92 Å². The lowest BCUT2D eigenvalue weighted by Crippen LogP contribution is -2.62. The fraction of sp³-hybridized carbons (Fsp3) is 0.800. The molecule has 0 spiro atoms. The molecule has 4 rings (SSSR count). The van der Waals surface area contributed by atoms with Crippen LogP contribution in [-0.4, -0.2) is 39.4 Å². The summed E-state index contributed by atoms with van der Waals surface area (Å²) < 4.78 is 0. The first-order valence-electron chi connectivity index (χ1n) is 11.5. The normalized spacial score (nSPS) is 47.9. The van der Waals surface area contributed by atoms with Crippen LogP contribution in [0, 0.1) is 34.5 Å². The summed E-state index contributed by atoms with van der Waals surface area (Å²) in [5.41, 5.74) is -0.761. The van der Waals surface area contributed by atoms with Crippen LogP contribution in [0.5, 0.6) is 0 Å². The third-order valence-corrected chi connectivity index (χ3v) is 8.72. The fourth-order valence-corrected chi connectivity index (χ4v) is 7.56. The van der Waals surface area contributed by atoms with Crippen LogP contribution in [0.4, 0.5) is 0 Å². The van der Waals surface area contributed by atoms with Gasteiger partial charge < -0.3 is 15.3 Å². The van der Waals surface area contributed by atoms with Gasteiger partial charge in [-0.3, -0.25) is 4.79 Å². The standard InChI is InChI=1S/C22H32O4.C3H8/c1-13-10-14-16-7-9-22(26,18(25)12-23)21(16,3)11-17(24)19(14)20(2)8-5-4-6-15(13)20;1-3-2/h4-6,13-14,16-17,19,23-24,26H,7-12H2,1-3H3;3H2,1-2H3/t13-,14-,16-,17-,19+,20-,21-,22-;/m0./s1. The number of fused-ring (bicyclic) bond motifs is 5. The topological polar surface area (TPSA) is 77.8 Å². The number of carbonyl (C=O) groups excluding carboxylic acids is 1. The number of aliphatic hydroxyl groups is 3. The summed E-state index contributed by atoms with van der Waals surface area (Å²) in [6, 6.07) is 0. The first kappa shape index (κ1) is 22.7. The maximum atomic E-state index is 12.4. The Balaban J connectivity index is 0.000000755. The third-order valence-electron chi connectivity index (χ3n) is 8.72. The molecule has 0 bridgehead atoms. The summed E-state index contributed by atoms with van der Waals surface area (Å²) in [7, 11) is 0. The van der Waals surface area contributed by atoms with E-state index in [0.29, 0.717) is 24.7 Å². The molecule has 164 valence electrons. The lowest BCUT2D eigenvalue weighted by molar-refractivity contribution is -0.183. The van der Waals surface area contributed by atoms with Crippen molar-refractivity contribution >= 4 is 5.78 Å². The van der Waals surface area contributed by atoms with E-state index < -0.39 is 29.5 Å². The number of aliphatic hydroxyl groups excluding tert-OH is 2. The molecule has 4 nitrogen and oxygen atoms in total. The summed E-state index contributed by atoms with van der Waals surface area (Å²) in [5.74, 6) is 0.642. The van der Waals surface area contributed by atoms with Gasteiger partial charge in [0.05, 0.1) is 6.10 Å². The maximum absolute atomic E-state index is 12.4. The molecule has 0 heterocycles. The first-order chi connectivity index (χ1) is 13.6. The molecular weight excluding hydrogens is 364 g/mol. The molecule has 3 saturated carbocycles. The molecule has 0 unspecified atom stereocenters. The van der Waals surface area contributed by atoms with Gasteiger partial charge >= 0.3 is 0 Å². The van der Waals surface area contributed by atoms with Crippen molar-refractivity contribution in [3.8, 4) is 0 Å². The number of ketones is 1. The molecule has 4 aliphatic rings. The predicted molar refractivity (Wildman–Crippen MR) is 115 cm³/mol. The van der Waals surface area contributed by atoms with E-state index in [9.17, 15) is 20.1 Å². The van der Waals surface area contributed by atoms with Crippen LogP contribution < -0.4 is 0 Å². The summed E-state index contributed by atoms with van der Waals surface area (Å²) in [6.07, 6.45) is 10.9. The predicted octanol–water partition coefficient (Wildman–Crippen LogP) is 4.04. The highest BCUT2D eigenvalue weighted by atomic mass is 16.3. The van der Waals surface area contributed by atoms with Crippen molar-refractivity contribution in [2.45, 2.75) is 84.8 Å². The molecule has 0 saturated heterocycles. The van der Waals surface area contributed by atoms with Crippen LogP contribution in [0.15, 0.2) is 23.8 Å². The second-order valence-electron chi connectivity index (χ2n) is 10.5. The van der Waals surface area contributed by atoms with Crippen LogP contribution >= 0.6 is 0 Å². The van der Waals surface area contributed by atoms with Crippen LogP contribution in [-0.2, 0) is 4.79 Å². The SMILES string of the molecule is CCC.C[C@H]1C[C@@H]2[C@H]([C@@H](O)C[C@@]3(C)[C@H]2CC[C@]3(O)C(=O)CO)[C@@]2(C)CC=CC=C12. The van der Waals surface area contributed by atoms with E-state index in [0.717, 1.165) is 19.3 Å². The molecule has 0 amide bonds. The van der Waals surface area contributed by atoms with Crippen molar-refractivity contribution < 1.29 is 20.1 Å². The van der Waals surface area contributed by atoms with E-state index in [-0.39, 0.29) is 17.3 Å². The Labute approximate surface area is 176 Å². The summed E-state index contributed by atoms with van der Waals surface area (Å²) in [6.45, 7) is 10.2. The van der Waals surface area contributed by atoms with Gasteiger partial charge in [0.2, 0.25) is 0 Å². The number of rotatable bonds is 2. The van der Waals surface area contributed by atoms with Gasteiger partial charge in [0.1, 0.15) is 12.2 Å². The van der Waals surface area contributed by atoms with Crippen molar-refractivity contribution in [2.24, 2.45) is 34.5 Å². The molecule has 4 aliphatic carbocycles. The van der Waals surface area contributed by atoms with E-state index in [1.165, 1.54) is 12.0 Å². The van der Waals surface area contributed by atoms with Crippen molar-refractivity contribution in [2.75, 3.05) is 6.61 Å². The van der Waals surface area contributed by atoms with Gasteiger partial charge in [0.15, 0.2) is 5.78 Å². The van der Waals surface area contributed by atoms with Crippen molar-refractivity contribution in [1.82, 2.24) is 0 Å². The average Bonchev–Trinajstić information content (AvgIpc) is 2.93. The minimum atomic E-state index is -1.51. The van der Waals surface area contributed by atoms with Crippen molar-refractivity contribution in [1.29, 1.82) is 0 Å². The Morgan fingerprint density at radius 1 is 1.28 bits per heavy atom. The smallest absolute Gasteiger partial charge is 0.190 e. The number of Topliss-reactive ketones (excluding diaryl/α,β-unsaturated/α-hetero) is 1. The fourth-order valence-electron chi connectivity index (χ4n) is 7.56. The summed E-state index contributed by atoms with van der Waals surface area (Å²) >= 11 is 0. The molecule has 3 fully saturated rings. The third kappa shape index (κ3) is 3.18. The van der Waals surface area contributed by atoms with Crippen LogP contribution in [0.25, 0.3) is 0 Å². The van der Waals surface area contributed by atoms with Gasteiger partial charge in [-0.25, -0.2) is 0 Å². The van der Waals surface area contributed by atoms with Gasteiger partial charge in [0.25, 0.3) is 0 Å². The lowest BCUT2D eigenvalue weighted by Gasteiger charge is -2.61. The highest BCUT2D eigenvalue weighted by Crippen LogP contribution is 2.68. The zero-order valence-electron chi connectivity index (χ0n) is 18.8. The molecule has 29 heavy (non-hydrogen) atoms. The minimum absolute atomic E-state index is 0.0421. The van der Waals surface area contributed by atoms with Crippen LogP contribution in [0.1, 0.15) is 73.1 Å². The van der Waals surface area contributed by atoms with E-state index in [2.05, 4.69) is 45.9 Å². The Morgan fingerprint density at radius 3 is 2.55 bits per heavy atom. The van der Waals surface area contributed by atoms with Crippen LogP contribution in [0.2, 0.25) is 0 Å². The summed E-state index contributed by atoms with van der Waals surface area (Å²) in [4.78, 5) is 12.4. The second-order valence-corrected chi connectivity index (χ2v) is 10.5. The van der Waals surface area contributed by atoms with Gasteiger partial charge in [0, 0.05) is 5.41 Å². The number of hydrogen-bond acceptors (Lipinski definition) is 4. The van der Waals surface area contributed by atoms with E-state index >= 15 is 0 Å². The molecule has 0 aliphatic heterocycles. The second kappa shape index (κ2) is 7.94. The molecule has 4 heteroatoms. The van der Waals surface area contributed by atoms with Gasteiger partial charge in [-0.15, -0.1) is 0 Å². The van der Waals surface area contributed by atoms with Gasteiger partial charge in [-0.05, 0) is 61.2 Å². The zero-order valence-corrected chi connectivity index (χ0v) is 18.8. The zero-order chi connectivity index (χ0) is 21.6. The number of carbonyl (C=O) groups is 1. The largest absolute Gasteiger partial charge is 0.393 e. The monoisotopic (exact) mass is 404 g/mol. The quantitative estimate of drug-likeness (QED) is 0.649. The highest BCUT2D eigenvalue weighted by molar-refractivity contribution is 5.89. The van der Waals surface area contributed by atoms with E-state index in [1.54, 1.807) is 0 Å². The van der Waals surface area contributed by atoms with Crippen molar-refractivity contribution in [3.63, 3.8) is 0 Å². The van der Waals surface area contributed by atoms with Gasteiger partial charge in [-0.2, -0.15) is 0 Å². The lowest BCUT2D eigenvalue weighted by atomic mass is 9.44. The molecule has 0 aromatic rings. The Morgan fingerprint density at radius 2 is 1.93 bits per heavy atom. The van der Waals surface area contributed by atoms with Gasteiger partial charge in [-0.1, -0.05) is 64.8 Å². The molecule has 3 N–H and O–H groups in total. The Hall–Kier alpha value is -0.970. The Kier molecular flexibility index (Phi) is 6.22. The molecule has 0 radical (unpaired) electrons. The molecule has 0 aromatic carbocycles. The molecular formula is C25H40O4. The van der Waals surface area contributed by atoms with Crippen LogP contribution in [0.3, 0.4) is 0 Å². The van der Waals surface area contributed by atoms with Crippen molar-refractivity contribution in [3.05, 3.63) is 23.8 Å².